The predicted molar refractivity (Wildman–Crippen MR) is 97.3 cm³/mol. The van der Waals surface area contributed by atoms with Gasteiger partial charge in [-0.25, -0.2) is 4.98 Å². The van der Waals surface area contributed by atoms with E-state index in [4.69, 9.17) is 5.11 Å². The first-order valence-corrected chi connectivity index (χ1v) is 9.71. The van der Waals surface area contributed by atoms with Crippen LogP contribution >= 0.6 is 27.3 Å². The minimum Gasteiger partial charge on any atom is -0.396 e. The molecule has 3 rings (SSSR count). The summed E-state index contributed by atoms with van der Waals surface area (Å²) in [6.45, 7) is 1.80. The fraction of sp³-hybridized carbons (Fsp3) is 0.562. The zero-order valence-electron chi connectivity index (χ0n) is 13.2. The molecule has 0 saturated carbocycles. The number of aldehydes is 1. The lowest BCUT2D eigenvalue weighted by Gasteiger charge is -2.35. The number of aromatic nitrogens is 2. The van der Waals surface area contributed by atoms with Crippen LogP contribution < -0.4 is 4.87 Å². The number of likely N-dealkylation sites (tertiary alicyclic amines) is 1. The summed E-state index contributed by atoms with van der Waals surface area (Å²) < 4.78 is 2.34. The third-order valence-corrected chi connectivity index (χ3v) is 5.93. The van der Waals surface area contributed by atoms with Crippen LogP contribution in [-0.4, -0.2) is 45.5 Å². The van der Waals surface area contributed by atoms with E-state index in [0.717, 1.165) is 60.9 Å². The van der Waals surface area contributed by atoms with Gasteiger partial charge in [-0.3, -0.25) is 19.1 Å². The van der Waals surface area contributed by atoms with Crippen molar-refractivity contribution in [1.29, 1.82) is 0 Å². The third-order valence-electron chi connectivity index (χ3n) is 4.62. The Morgan fingerprint density at radius 3 is 2.88 bits per heavy atom. The van der Waals surface area contributed by atoms with Crippen molar-refractivity contribution in [3.05, 3.63) is 26.4 Å². The molecule has 0 bridgehead atoms. The van der Waals surface area contributed by atoms with Crippen LogP contribution in [0, 0.1) is 5.92 Å². The van der Waals surface area contributed by atoms with Gasteiger partial charge in [0.1, 0.15) is 11.0 Å². The maximum atomic E-state index is 12.4. The van der Waals surface area contributed by atoms with Gasteiger partial charge in [0, 0.05) is 30.4 Å². The third kappa shape index (κ3) is 3.61. The van der Waals surface area contributed by atoms with Crippen molar-refractivity contribution in [2.24, 2.45) is 5.92 Å². The van der Waals surface area contributed by atoms with E-state index in [1.54, 1.807) is 10.8 Å². The first-order valence-electron chi connectivity index (χ1n) is 8.11. The van der Waals surface area contributed by atoms with Gasteiger partial charge in [0.15, 0.2) is 6.29 Å². The summed E-state index contributed by atoms with van der Waals surface area (Å²) >= 11 is 4.45. The van der Waals surface area contributed by atoms with Gasteiger partial charge in [-0.05, 0) is 53.6 Å². The molecular weight excluding hydrogens is 394 g/mol. The first-order chi connectivity index (χ1) is 11.6. The number of nitrogens with zero attached hydrogens (tertiary/aromatic N) is 3. The first kappa shape index (κ1) is 17.7. The molecule has 8 heteroatoms. The molecule has 6 nitrogen and oxygen atoms in total. The Kier molecular flexibility index (Phi) is 5.80. The highest BCUT2D eigenvalue weighted by molar-refractivity contribution is 9.10. The van der Waals surface area contributed by atoms with E-state index in [-0.39, 0.29) is 11.5 Å². The van der Waals surface area contributed by atoms with Gasteiger partial charge in [-0.2, -0.15) is 0 Å². The Morgan fingerprint density at radius 1 is 1.46 bits per heavy atom. The van der Waals surface area contributed by atoms with E-state index < -0.39 is 6.17 Å². The quantitative estimate of drug-likeness (QED) is 0.735. The number of thiazole rings is 1. The van der Waals surface area contributed by atoms with Crippen LogP contribution in [0.3, 0.4) is 0 Å². The summed E-state index contributed by atoms with van der Waals surface area (Å²) in [5, 5.41) is 8.95. The maximum absolute atomic E-state index is 12.4. The Hall–Kier alpha value is -1.09. The summed E-state index contributed by atoms with van der Waals surface area (Å²) in [5.41, 5.74) is 0.693. The van der Waals surface area contributed by atoms with E-state index in [1.807, 2.05) is 6.07 Å². The van der Waals surface area contributed by atoms with Gasteiger partial charge < -0.3 is 5.11 Å². The fourth-order valence-electron chi connectivity index (χ4n) is 3.34. The fourth-order valence-corrected chi connectivity index (χ4v) is 4.50. The molecule has 0 spiro atoms. The highest BCUT2D eigenvalue weighted by Crippen LogP contribution is 2.28. The highest BCUT2D eigenvalue weighted by Gasteiger charge is 2.28. The van der Waals surface area contributed by atoms with Gasteiger partial charge in [0.2, 0.25) is 0 Å². The van der Waals surface area contributed by atoms with Crippen LogP contribution in [0.4, 0.5) is 0 Å². The van der Waals surface area contributed by atoms with E-state index in [9.17, 15) is 9.59 Å². The van der Waals surface area contributed by atoms with Crippen molar-refractivity contribution in [2.75, 3.05) is 19.7 Å². The van der Waals surface area contributed by atoms with Crippen molar-refractivity contribution < 1.29 is 9.90 Å². The van der Waals surface area contributed by atoms with Crippen LogP contribution in [-0.2, 0) is 4.79 Å². The van der Waals surface area contributed by atoms with Gasteiger partial charge >= 0.3 is 4.87 Å². The normalized spacial score (nSPS) is 18.1. The van der Waals surface area contributed by atoms with Crippen LogP contribution in [0.2, 0.25) is 0 Å². The molecule has 0 amide bonds. The molecule has 1 fully saturated rings. The van der Waals surface area contributed by atoms with Crippen molar-refractivity contribution >= 4 is 43.9 Å². The van der Waals surface area contributed by atoms with Gasteiger partial charge in [-0.15, -0.1) is 0 Å². The molecule has 1 aliphatic rings. The topological polar surface area (TPSA) is 75.4 Å². The maximum Gasteiger partial charge on any atom is 0.311 e. The van der Waals surface area contributed by atoms with Gasteiger partial charge in [0.05, 0.1) is 5.52 Å². The number of hydrogen-bond donors (Lipinski definition) is 1. The average molecular weight is 414 g/mol. The lowest BCUT2D eigenvalue weighted by molar-refractivity contribution is -0.116. The monoisotopic (exact) mass is 413 g/mol. The second-order valence-electron chi connectivity index (χ2n) is 6.11. The lowest BCUT2D eigenvalue weighted by Crippen LogP contribution is -2.42. The molecule has 2 aromatic rings. The summed E-state index contributed by atoms with van der Waals surface area (Å²) in [6.07, 6.45) is 5.76. The Bertz CT molecular complexity index is 768. The number of aliphatic hydroxyl groups is 1. The summed E-state index contributed by atoms with van der Waals surface area (Å²) in [4.78, 5) is 31.0. The highest BCUT2D eigenvalue weighted by atomic mass is 79.9. The molecule has 130 valence electrons. The van der Waals surface area contributed by atoms with E-state index in [0.29, 0.717) is 16.3 Å². The number of halogens is 1. The number of fused-ring (bicyclic) bond motifs is 1. The SMILES string of the molecule is O=CC(N1CCC(CCCO)CC1)n1c(=O)sc2ncc(Br)cc21. The van der Waals surface area contributed by atoms with Crippen LogP contribution in [0.1, 0.15) is 31.8 Å². The minimum absolute atomic E-state index is 0.157. The van der Waals surface area contributed by atoms with E-state index in [1.165, 1.54) is 0 Å². The van der Waals surface area contributed by atoms with Gasteiger partial charge in [0.25, 0.3) is 0 Å². The van der Waals surface area contributed by atoms with Gasteiger partial charge in [-0.1, -0.05) is 11.3 Å². The van der Waals surface area contributed by atoms with E-state index in [2.05, 4.69) is 25.8 Å². The number of hydrogen-bond acceptors (Lipinski definition) is 6. The molecule has 0 radical (unpaired) electrons. The van der Waals surface area contributed by atoms with Crippen LogP contribution in [0.15, 0.2) is 21.5 Å². The Balaban J connectivity index is 1.83. The average Bonchev–Trinajstić information content (AvgIpc) is 2.91. The number of rotatable bonds is 6. The second-order valence-corrected chi connectivity index (χ2v) is 7.97. The largest absolute Gasteiger partial charge is 0.396 e. The lowest BCUT2D eigenvalue weighted by atomic mass is 9.92. The number of carbonyl (C=O) groups excluding carboxylic acids is 1. The minimum atomic E-state index is -0.582. The molecule has 1 saturated heterocycles. The van der Waals surface area contributed by atoms with Crippen molar-refractivity contribution in [1.82, 2.24) is 14.5 Å². The second kappa shape index (κ2) is 7.86. The summed E-state index contributed by atoms with van der Waals surface area (Å²) in [7, 11) is 0. The summed E-state index contributed by atoms with van der Waals surface area (Å²) in [6, 6.07) is 1.84. The Morgan fingerprint density at radius 2 is 2.21 bits per heavy atom. The summed E-state index contributed by atoms with van der Waals surface area (Å²) in [5.74, 6) is 0.590. The molecule has 1 unspecified atom stereocenters. The zero-order valence-corrected chi connectivity index (χ0v) is 15.6. The smallest absolute Gasteiger partial charge is 0.311 e. The Labute approximate surface area is 152 Å². The number of pyridine rings is 1. The molecule has 2 aromatic heterocycles. The number of piperidine rings is 1. The number of carbonyl (C=O) groups is 1. The number of aliphatic hydroxyl groups excluding tert-OH is 1. The standard InChI is InChI=1S/C16H20BrN3O3S/c17-12-8-13-15(18-9-12)24-16(23)20(13)14(10-22)19-5-3-11(4-6-19)2-1-7-21/h8-11,14,21H,1-7H2. The van der Waals surface area contributed by atoms with Crippen LogP contribution in [0.25, 0.3) is 10.3 Å². The van der Waals surface area contributed by atoms with E-state index >= 15 is 0 Å². The molecule has 24 heavy (non-hydrogen) atoms. The molecular formula is C16H20BrN3O3S. The van der Waals surface area contributed by atoms with Crippen LogP contribution in [0.5, 0.6) is 0 Å². The molecule has 1 atom stereocenters. The van der Waals surface area contributed by atoms with Crippen molar-refractivity contribution in [3.8, 4) is 0 Å². The molecule has 1 aliphatic heterocycles. The van der Waals surface area contributed by atoms with Crippen molar-refractivity contribution in [2.45, 2.75) is 31.8 Å². The molecule has 0 aliphatic carbocycles. The molecule has 1 N–H and O–H groups in total. The zero-order chi connectivity index (χ0) is 17.1. The molecule has 0 aromatic carbocycles. The molecule has 3 heterocycles. The van der Waals surface area contributed by atoms with Crippen molar-refractivity contribution in [3.63, 3.8) is 0 Å². The predicted octanol–water partition coefficient (Wildman–Crippen LogP) is 2.40.